The molecule has 0 fully saturated rings. The lowest BCUT2D eigenvalue weighted by molar-refractivity contribution is 0.736. The van der Waals surface area contributed by atoms with Crippen molar-refractivity contribution in [3.63, 3.8) is 0 Å². The first-order chi connectivity index (χ1) is 6.19. The van der Waals surface area contributed by atoms with E-state index >= 15 is 0 Å². The summed E-state index contributed by atoms with van der Waals surface area (Å²) in [4.78, 5) is 0. The van der Waals surface area contributed by atoms with Gasteiger partial charge in [-0.3, -0.25) is 4.68 Å². The molecule has 0 atom stereocenters. The molecule has 0 saturated carbocycles. The van der Waals surface area contributed by atoms with E-state index in [2.05, 4.69) is 15.3 Å². The molecule has 0 amide bonds. The summed E-state index contributed by atoms with van der Waals surface area (Å²) in [6.45, 7) is 3.93. The van der Waals surface area contributed by atoms with E-state index in [1.807, 2.05) is 37.7 Å². The smallest absolute Gasteiger partial charge is 0.112 e. The third-order valence-corrected chi connectivity index (χ3v) is 1.86. The van der Waals surface area contributed by atoms with Gasteiger partial charge in [-0.2, -0.15) is 15.3 Å². The first kappa shape index (κ1) is 9.64. The van der Waals surface area contributed by atoms with Crippen LogP contribution in [-0.2, 0) is 7.05 Å². The molecule has 0 bridgehead atoms. The third kappa shape index (κ3) is 2.02. The fraction of sp³-hybridized carbons (Fsp3) is 0.444. The Morgan fingerprint density at radius 1 is 1.62 bits per heavy atom. The minimum atomic E-state index is 0.811. The van der Waals surface area contributed by atoms with Gasteiger partial charge >= 0.3 is 0 Å². The second-order valence-electron chi connectivity index (χ2n) is 2.77. The predicted octanol–water partition coefficient (Wildman–Crippen LogP) is 2.17. The zero-order valence-electron chi connectivity index (χ0n) is 8.44. The van der Waals surface area contributed by atoms with Crippen LogP contribution in [-0.4, -0.2) is 16.8 Å². The molecule has 0 aromatic carbocycles. The van der Waals surface area contributed by atoms with Crippen LogP contribution in [0.2, 0.25) is 0 Å². The number of azo groups is 1. The summed E-state index contributed by atoms with van der Waals surface area (Å²) >= 11 is 0. The second-order valence-corrected chi connectivity index (χ2v) is 2.77. The van der Waals surface area contributed by atoms with Gasteiger partial charge in [-0.15, -0.1) is 0 Å². The van der Waals surface area contributed by atoms with Gasteiger partial charge in [-0.05, 0) is 19.9 Å². The van der Waals surface area contributed by atoms with Crippen molar-refractivity contribution >= 4 is 5.70 Å². The van der Waals surface area contributed by atoms with Crippen LogP contribution in [0, 0.1) is 6.92 Å². The number of aromatic nitrogens is 2. The summed E-state index contributed by atoms with van der Waals surface area (Å²) in [6.07, 6.45) is 1.90. The van der Waals surface area contributed by atoms with E-state index in [0.29, 0.717) is 0 Å². The van der Waals surface area contributed by atoms with Crippen LogP contribution in [0.15, 0.2) is 22.4 Å². The first-order valence-electron chi connectivity index (χ1n) is 4.16. The molecule has 1 rings (SSSR count). The number of nitrogens with zero attached hydrogens (tertiary/aromatic N) is 4. The largest absolute Gasteiger partial charge is 0.272 e. The molecular weight excluding hydrogens is 164 g/mol. The van der Waals surface area contributed by atoms with Crippen molar-refractivity contribution in [3.8, 4) is 0 Å². The molecule has 0 aliphatic rings. The Morgan fingerprint density at radius 2 is 2.31 bits per heavy atom. The number of aryl methyl sites for hydroxylation is 2. The lowest BCUT2D eigenvalue weighted by atomic mass is 10.3. The van der Waals surface area contributed by atoms with Crippen molar-refractivity contribution in [2.24, 2.45) is 17.3 Å². The Bertz CT molecular complexity index is 327. The maximum absolute atomic E-state index is 4.29. The Hall–Kier alpha value is -1.45. The zero-order chi connectivity index (χ0) is 9.84. The van der Waals surface area contributed by atoms with Crippen molar-refractivity contribution in [3.05, 3.63) is 23.5 Å². The second kappa shape index (κ2) is 3.98. The van der Waals surface area contributed by atoms with Gasteiger partial charge in [-0.25, -0.2) is 0 Å². The molecule has 0 aliphatic carbocycles. The van der Waals surface area contributed by atoms with Gasteiger partial charge in [0.15, 0.2) is 0 Å². The molecule has 1 heterocycles. The minimum absolute atomic E-state index is 0.811. The Balaban J connectivity index is 3.06. The molecule has 0 unspecified atom stereocenters. The van der Waals surface area contributed by atoms with Crippen LogP contribution in [0.4, 0.5) is 0 Å². The van der Waals surface area contributed by atoms with Crippen LogP contribution >= 0.6 is 0 Å². The normalized spacial score (nSPS) is 12.8. The van der Waals surface area contributed by atoms with Gasteiger partial charge in [0.1, 0.15) is 11.4 Å². The van der Waals surface area contributed by atoms with E-state index in [-0.39, 0.29) is 0 Å². The summed E-state index contributed by atoms with van der Waals surface area (Å²) < 4.78 is 1.82. The number of rotatable bonds is 2. The fourth-order valence-corrected chi connectivity index (χ4v) is 1.05. The Morgan fingerprint density at radius 3 is 2.69 bits per heavy atom. The SMILES string of the molecule is C/C=C(\N=NC)c1cc(C)n(C)n1. The third-order valence-electron chi connectivity index (χ3n) is 1.86. The van der Waals surface area contributed by atoms with Crippen molar-refractivity contribution in [1.82, 2.24) is 9.78 Å². The Kier molecular flexibility index (Phi) is 2.95. The van der Waals surface area contributed by atoms with Crippen molar-refractivity contribution < 1.29 is 0 Å². The summed E-state index contributed by atoms with van der Waals surface area (Å²) in [6, 6.07) is 1.99. The van der Waals surface area contributed by atoms with Crippen molar-refractivity contribution in [1.29, 1.82) is 0 Å². The van der Waals surface area contributed by atoms with Crippen LogP contribution < -0.4 is 0 Å². The standard InChI is InChI=1S/C9H14N4/c1-5-8(11-10-3)9-6-7(2)13(4)12-9/h5-6H,1-4H3/b8-5-,11-10?. The average molecular weight is 178 g/mol. The number of hydrogen-bond acceptors (Lipinski definition) is 3. The quantitative estimate of drug-likeness (QED) is 0.640. The van der Waals surface area contributed by atoms with Crippen molar-refractivity contribution in [2.75, 3.05) is 7.05 Å². The van der Waals surface area contributed by atoms with Gasteiger partial charge in [0.05, 0.1) is 0 Å². The van der Waals surface area contributed by atoms with E-state index in [1.54, 1.807) is 7.05 Å². The van der Waals surface area contributed by atoms with Gasteiger partial charge < -0.3 is 0 Å². The highest BCUT2D eigenvalue weighted by atomic mass is 15.3. The van der Waals surface area contributed by atoms with Crippen LogP contribution in [0.5, 0.6) is 0 Å². The highest BCUT2D eigenvalue weighted by Crippen LogP contribution is 2.14. The molecule has 4 nitrogen and oxygen atoms in total. The molecule has 70 valence electrons. The Labute approximate surface area is 78.0 Å². The molecular formula is C9H14N4. The molecule has 0 spiro atoms. The summed E-state index contributed by atoms with van der Waals surface area (Å²) in [5.41, 5.74) is 2.79. The lowest BCUT2D eigenvalue weighted by Gasteiger charge is -1.92. The first-order valence-corrected chi connectivity index (χ1v) is 4.16. The van der Waals surface area contributed by atoms with E-state index in [1.165, 1.54) is 0 Å². The van der Waals surface area contributed by atoms with E-state index in [4.69, 9.17) is 0 Å². The van der Waals surface area contributed by atoms with Crippen LogP contribution in [0.3, 0.4) is 0 Å². The topological polar surface area (TPSA) is 42.5 Å². The lowest BCUT2D eigenvalue weighted by Crippen LogP contribution is -1.92. The van der Waals surface area contributed by atoms with E-state index in [9.17, 15) is 0 Å². The summed E-state index contributed by atoms with van der Waals surface area (Å²) in [7, 11) is 3.56. The van der Waals surface area contributed by atoms with Crippen LogP contribution in [0.1, 0.15) is 18.3 Å². The monoisotopic (exact) mass is 178 g/mol. The molecule has 4 heteroatoms. The van der Waals surface area contributed by atoms with E-state index in [0.717, 1.165) is 17.1 Å². The van der Waals surface area contributed by atoms with Gasteiger partial charge in [0.2, 0.25) is 0 Å². The number of allylic oxidation sites excluding steroid dienone is 1. The molecule has 0 aliphatic heterocycles. The summed E-state index contributed by atoms with van der Waals surface area (Å²) in [5, 5.41) is 12.0. The maximum atomic E-state index is 4.29. The zero-order valence-corrected chi connectivity index (χ0v) is 8.44. The van der Waals surface area contributed by atoms with Gasteiger partial charge in [0, 0.05) is 19.8 Å². The molecule has 0 radical (unpaired) electrons. The van der Waals surface area contributed by atoms with Crippen LogP contribution in [0.25, 0.3) is 5.70 Å². The molecule has 0 N–H and O–H groups in total. The highest BCUT2D eigenvalue weighted by Gasteiger charge is 2.04. The average Bonchev–Trinajstić information content (AvgIpc) is 2.43. The van der Waals surface area contributed by atoms with E-state index < -0.39 is 0 Å². The van der Waals surface area contributed by atoms with Gasteiger partial charge in [-0.1, -0.05) is 6.08 Å². The maximum Gasteiger partial charge on any atom is 0.112 e. The molecule has 13 heavy (non-hydrogen) atoms. The minimum Gasteiger partial charge on any atom is -0.272 e. The fourth-order valence-electron chi connectivity index (χ4n) is 1.05. The molecule has 0 saturated heterocycles. The molecule has 1 aromatic heterocycles. The number of hydrogen-bond donors (Lipinski definition) is 0. The predicted molar refractivity (Wildman–Crippen MR) is 52.4 cm³/mol. The highest BCUT2D eigenvalue weighted by molar-refractivity contribution is 5.60. The van der Waals surface area contributed by atoms with Gasteiger partial charge in [0.25, 0.3) is 0 Å². The summed E-state index contributed by atoms with van der Waals surface area (Å²) in [5.74, 6) is 0. The van der Waals surface area contributed by atoms with Crippen molar-refractivity contribution in [2.45, 2.75) is 13.8 Å². The molecule has 1 aromatic rings.